The molecule has 2 aromatic carbocycles. The first-order chi connectivity index (χ1) is 7.83. The molecule has 1 aliphatic rings. The minimum atomic E-state index is 0.443. The summed E-state index contributed by atoms with van der Waals surface area (Å²) in [6.45, 7) is 2.15. The second-order valence-corrected chi connectivity index (χ2v) is 4.47. The van der Waals surface area contributed by atoms with Gasteiger partial charge in [0.2, 0.25) is 0 Å². The van der Waals surface area contributed by atoms with Crippen molar-refractivity contribution in [3.05, 3.63) is 65.2 Å². The van der Waals surface area contributed by atoms with Gasteiger partial charge in [0.15, 0.2) is 0 Å². The van der Waals surface area contributed by atoms with Gasteiger partial charge in [0, 0.05) is 5.69 Å². The van der Waals surface area contributed by atoms with E-state index in [0.717, 1.165) is 6.42 Å². The molecule has 0 fully saturated rings. The lowest BCUT2D eigenvalue weighted by molar-refractivity contribution is 0.824. The molecule has 1 atom stereocenters. The summed E-state index contributed by atoms with van der Waals surface area (Å²) < 4.78 is 0. The quantitative estimate of drug-likeness (QED) is 0.755. The van der Waals surface area contributed by atoms with Crippen LogP contribution in [-0.2, 0) is 6.42 Å². The number of benzene rings is 2. The van der Waals surface area contributed by atoms with E-state index in [1.807, 2.05) is 0 Å². The van der Waals surface area contributed by atoms with Crippen LogP contribution >= 0.6 is 0 Å². The number of anilines is 1. The molecule has 0 radical (unpaired) electrons. The standard InChI is InChI=1S/C15H15N/c1-11-7-8-14-13(9-11)10-15(16-14)12-5-3-2-4-6-12/h2-9,15-16H,10H2,1H3/t15-/m0/s1. The summed E-state index contributed by atoms with van der Waals surface area (Å²) in [7, 11) is 0. The third kappa shape index (κ3) is 1.58. The zero-order valence-corrected chi connectivity index (χ0v) is 9.40. The van der Waals surface area contributed by atoms with E-state index < -0.39 is 0 Å². The van der Waals surface area contributed by atoms with Crippen LogP contribution in [0.25, 0.3) is 0 Å². The number of hydrogen-bond acceptors (Lipinski definition) is 1. The van der Waals surface area contributed by atoms with E-state index in [1.165, 1.54) is 22.4 Å². The van der Waals surface area contributed by atoms with Gasteiger partial charge in [-0.05, 0) is 30.5 Å². The van der Waals surface area contributed by atoms with Crippen LogP contribution in [0.1, 0.15) is 22.7 Å². The van der Waals surface area contributed by atoms with E-state index in [-0.39, 0.29) is 0 Å². The van der Waals surface area contributed by atoms with E-state index in [1.54, 1.807) is 0 Å². The van der Waals surface area contributed by atoms with Gasteiger partial charge in [-0.2, -0.15) is 0 Å². The summed E-state index contributed by atoms with van der Waals surface area (Å²) in [4.78, 5) is 0. The summed E-state index contributed by atoms with van der Waals surface area (Å²) in [6.07, 6.45) is 1.10. The van der Waals surface area contributed by atoms with Gasteiger partial charge in [0.1, 0.15) is 0 Å². The average Bonchev–Trinajstić information content (AvgIpc) is 2.73. The minimum absolute atomic E-state index is 0.443. The molecule has 0 saturated carbocycles. The smallest absolute Gasteiger partial charge is 0.0555 e. The van der Waals surface area contributed by atoms with Crippen LogP contribution in [0.4, 0.5) is 5.69 Å². The molecule has 0 amide bonds. The van der Waals surface area contributed by atoms with Gasteiger partial charge in [-0.1, -0.05) is 48.0 Å². The highest BCUT2D eigenvalue weighted by molar-refractivity contribution is 5.59. The van der Waals surface area contributed by atoms with Crippen molar-refractivity contribution in [2.45, 2.75) is 19.4 Å². The maximum atomic E-state index is 3.58. The van der Waals surface area contributed by atoms with E-state index in [4.69, 9.17) is 0 Å². The van der Waals surface area contributed by atoms with Gasteiger partial charge >= 0.3 is 0 Å². The fourth-order valence-corrected chi connectivity index (χ4v) is 2.38. The molecule has 0 bridgehead atoms. The Morgan fingerprint density at radius 3 is 2.69 bits per heavy atom. The molecular weight excluding hydrogens is 194 g/mol. The average molecular weight is 209 g/mol. The Labute approximate surface area is 96.1 Å². The third-order valence-corrected chi connectivity index (χ3v) is 3.22. The Kier molecular flexibility index (Phi) is 2.17. The Bertz CT molecular complexity index is 502. The number of aryl methyl sites for hydroxylation is 1. The topological polar surface area (TPSA) is 12.0 Å². The van der Waals surface area contributed by atoms with Crippen molar-refractivity contribution in [2.24, 2.45) is 0 Å². The molecule has 1 heterocycles. The lowest BCUT2D eigenvalue weighted by Gasteiger charge is -2.10. The fraction of sp³-hybridized carbons (Fsp3) is 0.200. The zero-order chi connectivity index (χ0) is 11.0. The lowest BCUT2D eigenvalue weighted by Crippen LogP contribution is -2.04. The van der Waals surface area contributed by atoms with Crippen molar-refractivity contribution in [1.82, 2.24) is 0 Å². The molecule has 16 heavy (non-hydrogen) atoms. The number of fused-ring (bicyclic) bond motifs is 1. The van der Waals surface area contributed by atoms with E-state index >= 15 is 0 Å². The molecule has 0 aliphatic carbocycles. The molecule has 1 aliphatic heterocycles. The number of nitrogens with one attached hydrogen (secondary N) is 1. The zero-order valence-electron chi connectivity index (χ0n) is 9.40. The predicted molar refractivity (Wildman–Crippen MR) is 67.7 cm³/mol. The van der Waals surface area contributed by atoms with Crippen LogP contribution in [0.15, 0.2) is 48.5 Å². The van der Waals surface area contributed by atoms with Gasteiger partial charge in [0.05, 0.1) is 6.04 Å². The van der Waals surface area contributed by atoms with Crippen LogP contribution in [0.3, 0.4) is 0 Å². The molecule has 80 valence electrons. The van der Waals surface area contributed by atoms with Crippen molar-refractivity contribution in [3.8, 4) is 0 Å². The third-order valence-electron chi connectivity index (χ3n) is 3.22. The Balaban J connectivity index is 1.91. The van der Waals surface area contributed by atoms with Crippen LogP contribution in [0, 0.1) is 6.92 Å². The normalized spacial score (nSPS) is 17.9. The molecule has 0 saturated heterocycles. The highest BCUT2D eigenvalue weighted by atomic mass is 14.9. The molecule has 0 spiro atoms. The summed E-state index contributed by atoms with van der Waals surface area (Å²) in [5, 5.41) is 3.58. The van der Waals surface area contributed by atoms with Gasteiger partial charge < -0.3 is 5.32 Å². The monoisotopic (exact) mass is 209 g/mol. The molecule has 0 aromatic heterocycles. The van der Waals surface area contributed by atoms with Gasteiger partial charge in [-0.15, -0.1) is 0 Å². The van der Waals surface area contributed by atoms with Crippen molar-refractivity contribution < 1.29 is 0 Å². The minimum Gasteiger partial charge on any atom is -0.378 e. The molecule has 1 N–H and O–H groups in total. The van der Waals surface area contributed by atoms with Crippen LogP contribution < -0.4 is 5.32 Å². The van der Waals surface area contributed by atoms with Crippen LogP contribution in [0.2, 0.25) is 0 Å². The number of hydrogen-bond donors (Lipinski definition) is 1. The second kappa shape index (κ2) is 3.67. The highest BCUT2D eigenvalue weighted by Gasteiger charge is 2.21. The molecule has 1 heteroatoms. The fourth-order valence-electron chi connectivity index (χ4n) is 2.38. The van der Waals surface area contributed by atoms with Crippen LogP contribution in [-0.4, -0.2) is 0 Å². The molecule has 1 nitrogen and oxygen atoms in total. The molecule has 0 unspecified atom stereocenters. The SMILES string of the molecule is Cc1ccc2c(c1)C[C@@H](c1ccccc1)N2. The van der Waals surface area contributed by atoms with Gasteiger partial charge in [0.25, 0.3) is 0 Å². The highest BCUT2D eigenvalue weighted by Crippen LogP contribution is 2.34. The number of rotatable bonds is 1. The first kappa shape index (κ1) is 9.46. The second-order valence-electron chi connectivity index (χ2n) is 4.47. The van der Waals surface area contributed by atoms with Crippen LogP contribution in [0.5, 0.6) is 0 Å². The van der Waals surface area contributed by atoms with E-state index in [2.05, 4.69) is 60.8 Å². The Hall–Kier alpha value is -1.76. The molecule has 3 rings (SSSR count). The first-order valence-electron chi connectivity index (χ1n) is 5.74. The molecule has 2 aromatic rings. The van der Waals surface area contributed by atoms with Crippen molar-refractivity contribution >= 4 is 5.69 Å². The Morgan fingerprint density at radius 1 is 1.06 bits per heavy atom. The summed E-state index contributed by atoms with van der Waals surface area (Å²) in [6, 6.07) is 17.7. The van der Waals surface area contributed by atoms with Gasteiger partial charge in [-0.3, -0.25) is 0 Å². The van der Waals surface area contributed by atoms with E-state index in [9.17, 15) is 0 Å². The summed E-state index contributed by atoms with van der Waals surface area (Å²) >= 11 is 0. The summed E-state index contributed by atoms with van der Waals surface area (Å²) in [5.41, 5.74) is 5.44. The maximum Gasteiger partial charge on any atom is 0.0555 e. The summed E-state index contributed by atoms with van der Waals surface area (Å²) in [5.74, 6) is 0. The lowest BCUT2D eigenvalue weighted by atomic mass is 10.0. The molecular formula is C15H15N. The van der Waals surface area contributed by atoms with Crippen molar-refractivity contribution in [3.63, 3.8) is 0 Å². The van der Waals surface area contributed by atoms with E-state index in [0.29, 0.717) is 6.04 Å². The van der Waals surface area contributed by atoms with Gasteiger partial charge in [-0.25, -0.2) is 0 Å². The predicted octanol–water partition coefficient (Wildman–Crippen LogP) is 3.70. The Morgan fingerprint density at radius 2 is 1.88 bits per heavy atom. The first-order valence-corrected chi connectivity index (χ1v) is 5.74. The van der Waals surface area contributed by atoms with Crippen molar-refractivity contribution in [2.75, 3.05) is 5.32 Å². The maximum absolute atomic E-state index is 3.58. The van der Waals surface area contributed by atoms with Crippen molar-refractivity contribution in [1.29, 1.82) is 0 Å². The largest absolute Gasteiger partial charge is 0.378 e.